The topological polar surface area (TPSA) is 99.9 Å². The number of rotatable bonds is 2. The van der Waals surface area contributed by atoms with Crippen molar-refractivity contribution < 1.29 is 24.9 Å². The number of hydrogen-bond acceptors (Lipinski definition) is 6. The van der Waals surface area contributed by atoms with Crippen LogP contribution in [-0.2, 0) is 0 Å². The van der Waals surface area contributed by atoms with E-state index >= 15 is 0 Å². The van der Waals surface area contributed by atoms with Crippen molar-refractivity contribution in [2.24, 2.45) is 0 Å². The van der Waals surface area contributed by atoms with Crippen molar-refractivity contribution in [3.63, 3.8) is 0 Å². The van der Waals surface area contributed by atoms with E-state index in [1.807, 2.05) is 0 Å². The van der Waals surface area contributed by atoms with Crippen LogP contribution in [0.25, 0.3) is 0 Å². The highest BCUT2D eigenvalue weighted by molar-refractivity contribution is 5.92. The number of benzene rings is 1. The summed E-state index contributed by atoms with van der Waals surface area (Å²) in [5, 5.41) is 27.7. The summed E-state index contributed by atoms with van der Waals surface area (Å²) in [6, 6.07) is 5.11. The van der Waals surface area contributed by atoms with Crippen molar-refractivity contribution in [3.8, 4) is 23.0 Å². The molecular formula is C12H9NO5. The fourth-order valence-electron chi connectivity index (χ4n) is 1.30. The molecule has 1 aromatic carbocycles. The normalized spacial score (nSPS) is 10.0. The van der Waals surface area contributed by atoms with E-state index in [1.165, 1.54) is 18.5 Å². The van der Waals surface area contributed by atoms with E-state index in [4.69, 9.17) is 9.84 Å². The first kappa shape index (κ1) is 11.7. The van der Waals surface area contributed by atoms with Gasteiger partial charge in [-0.05, 0) is 24.3 Å². The average Bonchev–Trinajstić information content (AvgIpc) is 2.36. The van der Waals surface area contributed by atoms with Crippen molar-refractivity contribution in [2.75, 3.05) is 0 Å². The van der Waals surface area contributed by atoms with Gasteiger partial charge in [0.1, 0.15) is 5.75 Å². The average molecular weight is 247 g/mol. The monoisotopic (exact) mass is 247 g/mol. The molecule has 2 aromatic rings. The van der Waals surface area contributed by atoms with Crippen molar-refractivity contribution in [1.82, 2.24) is 4.98 Å². The minimum atomic E-state index is -0.784. The summed E-state index contributed by atoms with van der Waals surface area (Å²) >= 11 is 0. The van der Waals surface area contributed by atoms with Crippen molar-refractivity contribution in [1.29, 1.82) is 0 Å². The highest BCUT2D eigenvalue weighted by atomic mass is 16.5. The molecule has 0 radical (unpaired) electrons. The third kappa shape index (κ3) is 2.32. The zero-order valence-corrected chi connectivity index (χ0v) is 9.07. The summed E-state index contributed by atoms with van der Waals surface area (Å²) in [6.45, 7) is 0. The largest absolute Gasteiger partial charge is 0.504 e. The zero-order chi connectivity index (χ0) is 13.1. The number of aromatic hydroxyl groups is 3. The van der Waals surface area contributed by atoms with Gasteiger partial charge in [-0.25, -0.2) is 4.79 Å². The molecule has 0 unspecified atom stereocenters. The summed E-state index contributed by atoms with van der Waals surface area (Å²) in [5.74, 6) is -2.45. The summed E-state index contributed by atoms with van der Waals surface area (Å²) in [5.41, 5.74) is -0.0911. The Labute approximate surface area is 102 Å². The lowest BCUT2D eigenvalue weighted by Crippen LogP contribution is -2.08. The van der Waals surface area contributed by atoms with Crippen LogP contribution in [0.4, 0.5) is 0 Å². The van der Waals surface area contributed by atoms with Crippen LogP contribution in [0.5, 0.6) is 23.0 Å². The van der Waals surface area contributed by atoms with Gasteiger partial charge in [0.2, 0.25) is 0 Å². The number of carbonyl (C=O) groups is 1. The van der Waals surface area contributed by atoms with Gasteiger partial charge in [-0.2, -0.15) is 0 Å². The number of nitrogens with zero attached hydrogens (tertiary/aromatic N) is 1. The standard InChI is InChI=1S/C12H9NO5/c14-9-4-7(5-10(15)11(9)16)12(17)18-8-2-1-3-13-6-8/h1-6,14-16H. The summed E-state index contributed by atoms with van der Waals surface area (Å²) in [4.78, 5) is 15.4. The number of pyridine rings is 1. The molecule has 0 fully saturated rings. The Hall–Kier alpha value is -2.76. The van der Waals surface area contributed by atoms with Crippen LogP contribution in [0.3, 0.4) is 0 Å². The molecule has 0 spiro atoms. The highest BCUT2D eigenvalue weighted by Crippen LogP contribution is 2.35. The summed E-state index contributed by atoms with van der Waals surface area (Å²) in [6.07, 6.45) is 2.87. The van der Waals surface area contributed by atoms with Gasteiger partial charge in [-0.3, -0.25) is 4.98 Å². The number of hydrogen-bond donors (Lipinski definition) is 3. The van der Waals surface area contributed by atoms with Crippen LogP contribution in [0.1, 0.15) is 10.4 Å². The molecule has 3 N–H and O–H groups in total. The fraction of sp³-hybridized carbons (Fsp3) is 0. The van der Waals surface area contributed by atoms with Crippen LogP contribution in [0, 0.1) is 0 Å². The SMILES string of the molecule is O=C(Oc1cccnc1)c1cc(O)c(O)c(O)c1. The predicted octanol–water partition coefficient (Wildman–Crippen LogP) is 1.42. The van der Waals surface area contributed by atoms with Crippen LogP contribution >= 0.6 is 0 Å². The van der Waals surface area contributed by atoms with Gasteiger partial charge in [0.05, 0.1) is 11.8 Å². The Morgan fingerprint density at radius 1 is 1.17 bits per heavy atom. The lowest BCUT2D eigenvalue weighted by Gasteiger charge is -2.06. The first-order valence-electron chi connectivity index (χ1n) is 4.95. The number of carbonyl (C=O) groups excluding carboxylic acids is 1. The maximum Gasteiger partial charge on any atom is 0.343 e. The maximum atomic E-state index is 11.7. The quantitative estimate of drug-likeness (QED) is 0.548. The van der Waals surface area contributed by atoms with Gasteiger partial charge in [0.15, 0.2) is 17.2 Å². The number of aromatic nitrogens is 1. The number of phenols is 3. The molecule has 1 heterocycles. The zero-order valence-electron chi connectivity index (χ0n) is 9.07. The number of ether oxygens (including phenoxy) is 1. The Kier molecular flexibility index (Phi) is 3.01. The highest BCUT2D eigenvalue weighted by Gasteiger charge is 2.15. The van der Waals surface area contributed by atoms with E-state index in [1.54, 1.807) is 6.07 Å². The Morgan fingerprint density at radius 3 is 2.39 bits per heavy atom. The molecule has 1 aromatic heterocycles. The number of esters is 1. The van der Waals surface area contributed by atoms with Gasteiger partial charge in [-0.15, -0.1) is 0 Å². The second-order valence-corrected chi connectivity index (χ2v) is 3.44. The smallest absolute Gasteiger partial charge is 0.343 e. The van der Waals surface area contributed by atoms with E-state index in [2.05, 4.69) is 4.98 Å². The molecule has 0 saturated carbocycles. The van der Waals surface area contributed by atoms with E-state index < -0.39 is 23.2 Å². The molecule has 0 bridgehead atoms. The molecule has 18 heavy (non-hydrogen) atoms. The molecule has 0 atom stereocenters. The third-order valence-corrected chi connectivity index (χ3v) is 2.15. The maximum absolute atomic E-state index is 11.7. The van der Waals surface area contributed by atoms with Gasteiger partial charge < -0.3 is 20.1 Å². The Bertz CT molecular complexity index is 559. The molecule has 0 aliphatic heterocycles. The second kappa shape index (κ2) is 4.62. The van der Waals surface area contributed by atoms with Crippen LogP contribution in [-0.4, -0.2) is 26.3 Å². The van der Waals surface area contributed by atoms with Gasteiger partial charge in [0.25, 0.3) is 0 Å². The minimum Gasteiger partial charge on any atom is -0.504 e. The van der Waals surface area contributed by atoms with Crippen LogP contribution in [0.2, 0.25) is 0 Å². The molecule has 0 amide bonds. The fourth-order valence-corrected chi connectivity index (χ4v) is 1.30. The van der Waals surface area contributed by atoms with Gasteiger partial charge in [0, 0.05) is 6.20 Å². The second-order valence-electron chi connectivity index (χ2n) is 3.44. The molecule has 2 rings (SSSR count). The van der Waals surface area contributed by atoms with Crippen LogP contribution < -0.4 is 4.74 Å². The number of phenolic OH excluding ortho intramolecular Hbond substituents is 3. The Morgan fingerprint density at radius 2 is 1.83 bits per heavy atom. The van der Waals surface area contributed by atoms with Crippen molar-refractivity contribution in [2.45, 2.75) is 0 Å². The molecule has 0 aliphatic carbocycles. The van der Waals surface area contributed by atoms with Crippen molar-refractivity contribution >= 4 is 5.97 Å². The first-order valence-corrected chi connectivity index (χ1v) is 4.95. The van der Waals surface area contributed by atoms with E-state index in [-0.39, 0.29) is 11.3 Å². The molecule has 0 saturated heterocycles. The van der Waals surface area contributed by atoms with Crippen LogP contribution in [0.15, 0.2) is 36.7 Å². The third-order valence-electron chi connectivity index (χ3n) is 2.15. The van der Waals surface area contributed by atoms with Crippen molar-refractivity contribution in [3.05, 3.63) is 42.2 Å². The first-order chi connectivity index (χ1) is 8.58. The van der Waals surface area contributed by atoms with E-state index in [9.17, 15) is 15.0 Å². The predicted molar refractivity (Wildman–Crippen MR) is 60.6 cm³/mol. The molecule has 92 valence electrons. The summed E-state index contributed by atoms with van der Waals surface area (Å²) < 4.78 is 4.94. The summed E-state index contributed by atoms with van der Waals surface area (Å²) in [7, 11) is 0. The molecule has 0 aliphatic rings. The Balaban J connectivity index is 2.25. The minimum absolute atomic E-state index is 0.0911. The van der Waals surface area contributed by atoms with E-state index in [0.29, 0.717) is 0 Å². The lowest BCUT2D eigenvalue weighted by molar-refractivity contribution is 0.0733. The van der Waals surface area contributed by atoms with Gasteiger partial charge >= 0.3 is 5.97 Å². The molecule has 6 nitrogen and oxygen atoms in total. The molecular weight excluding hydrogens is 238 g/mol. The van der Waals surface area contributed by atoms with E-state index in [0.717, 1.165) is 12.1 Å². The molecule has 6 heteroatoms. The van der Waals surface area contributed by atoms with Gasteiger partial charge in [-0.1, -0.05) is 0 Å². The lowest BCUT2D eigenvalue weighted by atomic mass is 10.2.